The summed E-state index contributed by atoms with van der Waals surface area (Å²) in [6.45, 7) is 1.59. The zero-order valence-electron chi connectivity index (χ0n) is 17.2. The minimum atomic E-state index is -5.18. The predicted octanol–water partition coefficient (Wildman–Crippen LogP) is 4.02. The van der Waals surface area contributed by atoms with Crippen molar-refractivity contribution >= 4 is 37.9 Å². The molecule has 0 bridgehead atoms. The average Bonchev–Trinajstić information content (AvgIpc) is 2.74. The molecule has 2 atom stereocenters. The Morgan fingerprint density at radius 1 is 1.27 bits per heavy atom. The molecular weight excluding hydrogens is 533 g/mol. The van der Waals surface area contributed by atoms with Crippen LogP contribution in [-0.2, 0) is 25.1 Å². The number of aldehydes is 1. The maximum Gasteiger partial charge on any atom is 0.289 e. The van der Waals surface area contributed by atoms with Crippen LogP contribution in [-0.4, -0.2) is 48.6 Å². The monoisotopic (exact) mass is 550 g/mol. The van der Waals surface area contributed by atoms with E-state index in [4.69, 9.17) is 4.74 Å². The van der Waals surface area contributed by atoms with Gasteiger partial charge in [0.15, 0.2) is 4.90 Å². The van der Waals surface area contributed by atoms with Crippen molar-refractivity contribution in [3.05, 3.63) is 68.4 Å². The van der Waals surface area contributed by atoms with Gasteiger partial charge in [-0.15, -0.1) is 0 Å². The molecule has 0 N–H and O–H groups in total. The summed E-state index contributed by atoms with van der Waals surface area (Å²) < 4.78 is 78.1. The lowest BCUT2D eigenvalue weighted by atomic mass is 9.84. The maximum atomic E-state index is 14.9. The minimum absolute atomic E-state index is 0.0957. The third-order valence-corrected chi connectivity index (χ3v) is 7.97. The number of morpholine rings is 1. The normalized spacial score (nSPS) is 23.4. The fraction of sp³-hybridized carbons (Fsp3) is 0.350. The topological polar surface area (TPSA) is 107 Å². The molecule has 8 nitrogen and oxygen atoms in total. The van der Waals surface area contributed by atoms with Crippen LogP contribution in [0, 0.1) is 15.9 Å². The molecule has 0 amide bonds. The second-order valence-corrected chi connectivity index (χ2v) is 10.5. The van der Waals surface area contributed by atoms with E-state index in [0.29, 0.717) is 0 Å². The summed E-state index contributed by atoms with van der Waals surface area (Å²) >= 11 is 3.06. The van der Waals surface area contributed by atoms with E-state index >= 15 is 0 Å². The SMILES string of the molecule is CC1(C)OCC(c2cc(Br)ccc2F)(C(F)F)N(S(=O)(=O)c2ccccc2[N+](=O)[O-])C1C=O. The third-order valence-electron chi connectivity index (χ3n) is 5.51. The molecule has 178 valence electrons. The molecule has 0 saturated carbocycles. The molecule has 13 heteroatoms. The van der Waals surface area contributed by atoms with Crippen LogP contribution in [0.15, 0.2) is 51.8 Å². The van der Waals surface area contributed by atoms with Crippen molar-refractivity contribution in [1.29, 1.82) is 0 Å². The second kappa shape index (κ2) is 8.78. The molecule has 2 unspecified atom stereocenters. The first-order chi connectivity index (χ1) is 15.3. The van der Waals surface area contributed by atoms with Crippen LogP contribution in [0.5, 0.6) is 0 Å². The summed E-state index contributed by atoms with van der Waals surface area (Å²) in [5, 5.41) is 11.5. The Balaban J connectivity index is 2.45. The van der Waals surface area contributed by atoms with Crippen LogP contribution < -0.4 is 0 Å². The molecule has 0 radical (unpaired) electrons. The summed E-state index contributed by atoms with van der Waals surface area (Å²) in [4.78, 5) is 21.7. The van der Waals surface area contributed by atoms with E-state index in [9.17, 15) is 36.5 Å². The number of para-hydroxylation sites is 1. The average molecular weight is 551 g/mol. The smallest absolute Gasteiger partial charge is 0.289 e. The van der Waals surface area contributed by atoms with Crippen molar-refractivity contribution in [2.24, 2.45) is 0 Å². The van der Waals surface area contributed by atoms with Crippen molar-refractivity contribution in [3.8, 4) is 0 Å². The summed E-state index contributed by atoms with van der Waals surface area (Å²) in [6, 6.07) is 5.30. The summed E-state index contributed by atoms with van der Waals surface area (Å²) in [5.74, 6) is -1.17. The van der Waals surface area contributed by atoms with Gasteiger partial charge in [-0.2, -0.15) is 4.31 Å². The molecule has 0 aromatic heterocycles. The molecule has 1 aliphatic heterocycles. The van der Waals surface area contributed by atoms with E-state index in [2.05, 4.69) is 15.9 Å². The predicted molar refractivity (Wildman–Crippen MR) is 114 cm³/mol. The molecular formula is C20H18BrF3N2O6S. The van der Waals surface area contributed by atoms with Gasteiger partial charge in [0.25, 0.3) is 22.1 Å². The molecule has 2 aromatic rings. The van der Waals surface area contributed by atoms with Crippen LogP contribution >= 0.6 is 15.9 Å². The first-order valence-corrected chi connectivity index (χ1v) is 11.6. The first-order valence-electron chi connectivity index (χ1n) is 9.41. The van der Waals surface area contributed by atoms with Gasteiger partial charge in [-0.1, -0.05) is 28.1 Å². The zero-order valence-corrected chi connectivity index (χ0v) is 19.6. The van der Waals surface area contributed by atoms with E-state index in [0.717, 1.165) is 24.3 Å². The Labute approximate surface area is 195 Å². The standard InChI is InChI=1S/C20H18BrF3N2O6S/c1-19(2)17(10-27)25(33(30,31)16-6-4-3-5-15(16)26(28)29)20(11-32-19,18(23)24)13-9-12(21)7-8-14(13)22/h3-10,17-18H,11H2,1-2H3. The van der Waals surface area contributed by atoms with Crippen LogP contribution in [0.3, 0.4) is 0 Å². The minimum Gasteiger partial charge on any atom is -0.371 e. The Kier molecular flexibility index (Phi) is 6.72. The Morgan fingerprint density at radius 2 is 1.91 bits per heavy atom. The summed E-state index contributed by atoms with van der Waals surface area (Å²) in [7, 11) is -5.18. The second-order valence-electron chi connectivity index (χ2n) is 7.85. The number of rotatable bonds is 6. The highest BCUT2D eigenvalue weighted by Gasteiger charge is 2.63. The maximum absolute atomic E-state index is 14.9. The summed E-state index contributed by atoms with van der Waals surface area (Å²) in [6.07, 6.45) is -3.49. The van der Waals surface area contributed by atoms with E-state index in [1.54, 1.807) is 0 Å². The highest BCUT2D eigenvalue weighted by atomic mass is 79.9. The largest absolute Gasteiger partial charge is 0.371 e. The van der Waals surface area contributed by atoms with Crippen LogP contribution in [0.25, 0.3) is 0 Å². The quantitative estimate of drug-likeness (QED) is 0.305. The molecule has 3 rings (SSSR count). The first kappa shape index (κ1) is 25.3. The molecule has 1 fully saturated rings. The molecule has 1 heterocycles. The number of carbonyl (C=O) groups is 1. The lowest BCUT2D eigenvalue weighted by molar-refractivity contribution is -0.387. The zero-order chi connectivity index (χ0) is 24.8. The number of halogens is 4. The van der Waals surface area contributed by atoms with E-state index in [1.165, 1.54) is 32.0 Å². The number of nitrogens with zero attached hydrogens (tertiary/aromatic N) is 2. The number of nitro benzene ring substituents is 1. The lowest BCUT2D eigenvalue weighted by Gasteiger charge is -2.53. The van der Waals surface area contributed by atoms with E-state index in [1.807, 2.05) is 0 Å². The van der Waals surface area contributed by atoms with Gasteiger partial charge in [0.2, 0.25) is 0 Å². The van der Waals surface area contributed by atoms with Gasteiger partial charge < -0.3 is 9.53 Å². The van der Waals surface area contributed by atoms with Gasteiger partial charge in [0.1, 0.15) is 23.7 Å². The highest BCUT2D eigenvalue weighted by Crippen LogP contribution is 2.48. The Morgan fingerprint density at radius 3 is 2.48 bits per heavy atom. The van der Waals surface area contributed by atoms with Gasteiger partial charge in [0, 0.05) is 16.1 Å². The number of sulfonamides is 1. The molecule has 0 spiro atoms. The third kappa shape index (κ3) is 4.07. The summed E-state index contributed by atoms with van der Waals surface area (Å²) in [5.41, 5.74) is -6.25. The number of hydrogen-bond donors (Lipinski definition) is 0. The van der Waals surface area contributed by atoms with Crippen molar-refractivity contribution in [2.45, 2.75) is 42.4 Å². The molecule has 2 aromatic carbocycles. The molecule has 1 saturated heterocycles. The van der Waals surface area contributed by atoms with Gasteiger partial charge in [-0.05, 0) is 38.1 Å². The van der Waals surface area contributed by atoms with Crippen molar-refractivity contribution < 1.29 is 36.0 Å². The molecule has 1 aliphatic rings. The van der Waals surface area contributed by atoms with Gasteiger partial charge >= 0.3 is 0 Å². The van der Waals surface area contributed by atoms with Gasteiger partial charge in [-0.25, -0.2) is 21.6 Å². The lowest BCUT2D eigenvalue weighted by Crippen LogP contribution is -2.70. The number of alkyl halides is 2. The van der Waals surface area contributed by atoms with Gasteiger partial charge in [-0.3, -0.25) is 10.1 Å². The fourth-order valence-electron chi connectivity index (χ4n) is 3.79. The van der Waals surface area contributed by atoms with Gasteiger partial charge in [0.05, 0.1) is 17.1 Å². The molecule has 0 aliphatic carbocycles. The van der Waals surface area contributed by atoms with Crippen LogP contribution in [0.2, 0.25) is 0 Å². The van der Waals surface area contributed by atoms with E-state index < -0.39 is 67.1 Å². The van der Waals surface area contributed by atoms with Crippen LogP contribution in [0.4, 0.5) is 18.9 Å². The fourth-order valence-corrected chi connectivity index (χ4v) is 6.29. The van der Waals surface area contributed by atoms with Crippen molar-refractivity contribution in [1.82, 2.24) is 4.31 Å². The Hall–Kier alpha value is -2.35. The van der Waals surface area contributed by atoms with Crippen molar-refractivity contribution in [3.63, 3.8) is 0 Å². The Bertz CT molecular complexity index is 1210. The number of hydrogen-bond acceptors (Lipinski definition) is 6. The highest BCUT2D eigenvalue weighted by molar-refractivity contribution is 9.10. The van der Waals surface area contributed by atoms with Crippen LogP contribution in [0.1, 0.15) is 19.4 Å². The molecule has 33 heavy (non-hydrogen) atoms. The number of nitro groups is 1. The van der Waals surface area contributed by atoms with E-state index in [-0.39, 0.29) is 15.1 Å². The number of ether oxygens (including phenoxy) is 1. The van der Waals surface area contributed by atoms with Crippen molar-refractivity contribution in [2.75, 3.05) is 6.61 Å². The number of carbonyl (C=O) groups excluding carboxylic acids is 1. The number of benzene rings is 2.